The number of carbonyl (C=O) groups is 2. The first-order valence-electron chi connectivity index (χ1n) is 11.0. The van der Waals surface area contributed by atoms with Gasteiger partial charge in [0.15, 0.2) is 9.84 Å². The summed E-state index contributed by atoms with van der Waals surface area (Å²) in [7, 11) is -7.44. The molecule has 2 aromatic carbocycles. The van der Waals surface area contributed by atoms with Crippen LogP contribution in [0, 0.1) is 12.3 Å². The zero-order valence-electron chi connectivity index (χ0n) is 21.6. The Labute approximate surface area is 242 Å². The fourth-order valence-electron chi connectivity index (χ4n) is 3.35. The highest BCUT2D eigenvalue weighted by molar-refractivity contribution is 8.01. The molecule has 0 saturated heterocycles. The molecule has 10 nitrogen and oxygen atoms in total. The molecule has 0 aliphatic rings. The third kappa shape index (κ3) is 9.04. The first-order chi connectivity index (χ1) is 18.8. The van der Waals surface area contributed by atoms with Crippen molar-refractivity contribution in [2.75, 3.05) is 23.6 Å². The van der Waals surface area contributed by atoms with Gasteiger partial charge in [0.25, 0.3) is 0 Å². The monoisotopic (exact) mass is 651 g/mol. The number of hydrogen-bond acceptors (Lipinski definition) is 9. The highest BCUT2D eigenvalue weighted by Gasteiger charge is 2.38. The Morgan fingerprint density at radius 2 is 1.68 bits per heavy atom. The van der Waals surface area contributed by atoms with Gasteiger partial charge in [-0.3, -0.25) is 10.2 Å². The van der Waals surface area contributed by atoms with E-state index in [1.54, 1.807) is 30.5 Å². The molecular weight excluding hydrogens is 628 g/mol. The number of nitrogens with one attached hydrogen (secondary N) is 2. The molecule has 0 radical (unpaired) electrons. The average molecular weight is 652 g/mol. The molecule has 0 aliphatic heterocycles. The first kappa shape index (κ1) is 33.8. The number of aryl methyl sites for hydroxylation is 1. The molecule has 1 amide bonds. The van der Waals surface area contributed by atoms with Crippen molar-refractivity contribution in [1.82, 2.24) is 0 Å². The molecular formula is C24H24F3N3O7S4. The molecule has 0 aliphatic carbocycles. The molecule has 3 rings (SSSR count). The first-order valence-corrected chi connectivity index (χ1v) is 16.6. The topological polar surface area (TPSA) is 185 Å². The number of thiophene rings is 1. The summed E-state index contributed by atoms with van der Waals surface area (Å²) in [5, 5.41) is 17.4. The Hall–Kier alpha value is -3.41. The second-order valence-corrected chi connectivity index (χ2v) is 14.5. The van der Waals surface area contributed by atoms with Gasteiger partial charge in [-0.15, -0.1) is 23.1 Å². The fraction of sp³-hybridized carbons (Fsp3) is 0.208. The SMILES string of the molecule is CSc1sc(C(=N)N)cc1S(=O)(=O)c1cccc(-c2c(C)cccc2NC(=O)CS(C)(=O)=O)c1.O=C(O)C(F)(F)F. The van der Waals surface area contributed by atoms with E-state index in [0.717, 1.165) is 23.2 Å². The second-order valence-electron chi connectivity index (χ2n) is 8.33. The molecule has 1 heterocycles. The van der Waals surface area contributed by atoms with Crippen LogP contribution >= 0.6 is 23.1 Å². The highest BCUT2D eigenvalue weighted by Crippen LogP contribution is 2.38. The van der Waals surface area contributed by atoms with Crippen LogP contribution in [-0.2, 0) is 29.3 Å². The van der Waals surface area contributed by atoms with Crippen LogP contribution in [-0.4, -0.2) is 64.1 Å². The summed E-state index contributed by atoms with van der Waals surface area (Å²) in [6.45, 7) is 1.81. The van der Waals surface area contributed by atoms with Gasteiger partial charge >= 0.3 is 12.1 Å². The van der Waals surface area contributed by atoms with Gasteiger partial charge in [0.2, 0.25) is 15.7 Å². The quantitative estimate of drug-likeness (QED) is 0.158. The zero-order chi connectivity index (χ0) is 31.3. The molecule has 0 fully saturated rings. The van der Waals surface area contributed by atoms with Crippen LogP contribution in [0.2, 0.25) is 0 Å². The van der Waals surface area contributed by atoms with Gasteiger partial charge in [0.05, 0.1) is 18.9 Å². The van der Waals surface area contributed by atoms with Gasteiger partial charge in [-0.2, -0.15) is 13.2 Å². The number of anilines is 1. The van der Waals surface area contributed by atoms with E-state index in [1.807, 2.05) is 13.0 Å². The number of hydrogen-bond donors (Lipinski definition) is 4. The van der Waals surface area contributed by atoms with E-state index in [9.17, 15) is 34.8 Å². The number of carboxylic acid groups (broad SMARTS) is 1. The summed E-state index contributed by atoms with van der Waals surface area (Å²) in [6, 6.07) is 12.9. The van der Waals surface area contributed by atoms with Crippen LogP contribution in [0.25, 0.3) is 11.1 Å². The van der Waals surface area contributed by atoms with E-state index >= 15 is 0 Å². The summed E-state index contributed by atoms with van der Waals surface area (Å²) < 4.78 is 82.2. The van der Waals surface area contributed by atoms with E-state index in [4.69, 9.17) is 21.0 Å². The number of carbonyl (C=O) groups excluding carboxylic acids is 1. The number of alkyl halides is 3. The number of thioether (sulfide) groups is 1. The minimum atomic E-state index is -5.08. The number of nitrogens with two attached hydrogens (primary N) is 1. The van der Waals surface area contributed by atoms with Gasteiger partial charge in [0.1, 0.15) is 11.6 Å². The van der Waals surface area contributed by atoms with Gasteiger partial charge < -0.3 is 16.2 Å². The van der Waals surface area contributed by atoms with Crippen molar-refractivity contribution in [3.63, 3.8) is 0 Å². The molecule has 0 saturated carbocycles. The maximum atomic E-state index is 13.5. The van der Waals surface area contributed by atoms with Crippen LogP contribution in [0.4, 0.5) is 18.9 Å². The van der Waals surface area contributed by atoms with Gasteiger partial charge in [0, 0.05) is 17.5 Å². The molecule has 41 heavy (non-hydrogen) atoms. The molecule has 0 bridgehead atoms. The highest BCUT2D eigenvalue weighted by atomic mass is 32.2. The van der Waals surface area contributed by atoms with Gasteiger partial charge in [-0.05, 0) is 48.6 Å². The second kappa shape index (κ2) is 13.1. The average Bonchev–Trinajstić information content (AvgIpc) is 3.29. The Morgan fingerprint density at radius 1 is 1.10 bits per heavy atom. The van der Waals surface area contributed by atoms with E-state index in [0.29, 0.717) is 25.9 Å². The van der Waals surface area contributed by atoms with Crippen LogP contribution < -0.4 is 11.1 Å². The maximum absolute atomic E-state index is 13.5. The Balaban J connectivity index is 0.000000745. The standard InChI is InChI=1S/C22H23N3O5S4.C2HF3O2/c1-13-6-4-9-16(25-19(26)12-33(3,27)28)20(13)14-7-5-8-15(10-14)34(29,30)18-11-17(21(23)24)32-22(18)31-2;3-2(4,5)1(6)7/h4-11H,12H2,1-3H3,(H3,23,24)(H,25,26);(H,6,7). The fourth-order valence-corrected chi connectivity index (χ4v) is 7.80. The third-order valence-corrected chi connectivity index (χ3v) is 10.1. The van der Waals surface area contributed by atoms with Crippen LogP contribution in [0.5, 0.6) is 0 Å². The van der Waals surface area contributed by atoms with Crippen molar-refractivity contribution < 1.29 is 44.7 Å². The Morgan fingerprint density at radius 3 is 2.20 bits per heavy atom. The number of sulfone groups is 2. The molecule has 222 valence electrons. The molecule has 1 aromatic heterocycles. The summed E-state index contributed by atoms with van der Waals surface area (Å²) >= 11 is 2.41. The van der Waals surface area contributed by atoms with E-state index in [-0.39, 0.29) is 15.6 Å². The van der Waals surface area contributed by atoms with Crippen molar-refractivity contribution in [2.45, 2.75) is 27.1 Å². The number of amides is 1. The van der Waals surface area contributed by atoms with Gasteiger partial charge in [-0.25, -0.2) is 21.6 Å². The summed E-state index contributed by atoms with van der Waals surface area (Å²) in [4.78, 5) is 21.6. The predicted octanol–water partition coefficient (Wildman–Crippen LogP) is 4.18. The van der Waals surface area contributed by atoms with Crippen molar-refractivity contribution in [3.05, 3.63) is 59.0 Å². The smallest absolute Gasteiger partial charge is 0.475 e. The van der Waals surface area contributed by atoms with Crippen LogP contribution in [0.1, 0.15) is 10.4 Å². The number of nitrogen functional groups attached to an aromatic ring is 1. The van der Waals surface area contributed by atoms with E-state index in [2.05, 4.69) is 5.32 Å². The molecule has 17 heteroatoms. The number of aliphatic carboxylic acids is 1. The zero-order valence-corrected chi connectivity index (χ0v) is 24.8. The Kier molecular flexibility index (Phi) is 10.8. The molecule has 0 atom stereocenters. The molecule has 0 spiro atoms. The molecule has 5 N–H and O–H groups in total. The van der Waals surface area contributed by atoms with Crippen molar-refractivity contribution >= 4 is 66.2 Å². The third-order valence-electron chi connectivity index (χ3n) is 5.02. The normalized spacial score (nSPS) is 11.8. The predicted molar refractivity (Wildman–Crippen MR) is 151 cm³/mol. The lowest BCUT2D eigenvalue weighted by atomic mass is 9.98. The maximum Gasteiger partial charge on any atom is 0.490 e. The molecule has 3 aromatic rings. The van der Waals surface area contributed by atoms with E-state index in [1.165, 1.54) is 30.0 Å². The Bertz CT molecular complexity index is 1700. The summed E-state index contributed by atoms with van der Waals surface area (Å²) in [6.07, 6.45) is -2.35. The lowest BCUT2D eigenvalue weighted by molar-refractivity contribution is -0.192. The van der Waals surface area contributed by atoms with Gasteiger partial charge in [-0.1, -0.05) is 24.3 Å². The number of halogens is 3. The van der Waals surface area contributed by atoms with Crippen LogP contribution in [0.15, 0.2) is 62.5 Å². The van der Waals surface area contributed by atoms with Crippen LogP contribution in [0.3, 0.4) is 0 Å². The van der Waals surface area contributed by atoms with Crippen molar-refractivity contribution in [3.8, 4) is 11.1 Å². The van der Waals surface area contributed by atoms with E-state index < -0.39 is 43.5 Å². The largest absolute Gasteiger partial charge is 0.490 e. The minimum absolute atomic E-state index is 0.0462. The lowest BCUT2D eigenvalue weighted by Gasteiger charge is -2.15. The number of amidine groups is 1. The minimum Gasteiger partial charge on any atom is -0.475 e. The number of benzene rings is 2. The molecule has 0 unspecified atom stereocenters. The number of rotatable bonds is 8. The summed E-state index contributed by atoms with van der Waals surface area (Å²) in [5.41, 5.74) is 7.84. The van der Waals surface area contributed by atoms with Crippen molar-refractivity contribution in [2.24, 2.45) is 5.73 Å². The lowest BCUT2D eigenvalue weighted by Crippen LogP contribution is -2.22. The number of carboxylic acids is 1. The summed E-state index contributed by atoms with van der Waals surface area (Å²) in [5.74, 6) is -4.31. The van der Waals surface area contributed by atoms with Crippen molar-refractivity contribution in [1.29, 1.82) is 5.41 Å².